The Balaban J connectivity index is 1.76. The molecule has 1 amide bonds. The van der Waals surface area contributed by atoms with Gasteiger partial charge >= 0.3 is 5.97 Å². The largest absolute Gasteiger partial charge is 0.456 e. The molecule has 0 radical (unpaired) electrons. The van der Waals surface area contributed by atoms with E-state index in [0.29, 0.717) is 5.56 Å². The number of hydrogen-bond acceptors (Lipinski definition) is 5. The molecule has 0 aliphatic carbocycles. The van der Waals surface area contributed by atoms with Gasteiger partial charge in [0, 0.05) is 26.8 Å². The van der Waals surface area contributed by atoms with Crippen molar-refractivity contribution < 1.29 is 23.5 Å². The molecule has 0 spiro atoms. The Hall–Kier alpha value is -2.25. The summed E-state index contributed by atoms with van der Waals surface area (Å²) in [6.07, 6.45) is -0.126. The van der Waals surface area contributed by atoms with Crippen molar-refractivity contribution in [3.8, 4) is 0 Å². The first kappa shape index (κ1) is 20.1. The molecule has 0 fully saturated rings. The number of nitrogens with one attached hydrogen (secondary N) is 1. The normalized spacial score (nSPS) is 10.5. The number of aryl methyl sites for hydroxylation is 2. The summed E-state index contributed by atoms with van der Waals surface area (Å²) >= 11 is 7.14. The minimum Gasteiger partial charge on any atom is -0.456 e. The lowest BCUT2D eigenvalue weighted by molar-refractivity contribution is -0.147. The lowest BCUT2D eigenvalue weighted by atomic mass is 10.1. The van der Waals surface area contributed by atoms with E-state index in [4.69, 9.17) is 16.3 Å². The Morgan fingerprint density at radius 3 is 2.54 bits per heavy atom. The number of hydrogen-bond donors (Lipinski definition) is 1. The molecular formula is C18H17ClFNO4S. The van der Waals surface area contributed by atoms with Crippen molar-refractivity contribution in [1.82, 2.24) is 0 Å². The molecule has 0 unspecified atom stereocenters. The van der Waals surface area contributed by atoms with Gasteiger partial charge in [0.05, 0.1) is 12.1 Å². The van der Waals surface area contributed by atoms with Crippen molar-refractivity contribution >= 4 is 46.3 Å². The average Bonchev–Trinajstić information content (AvgIpc) is 2.92. The molecule has 1 aromatic heterocycles. The van der Waals surface area contributed by atoms with E-state index in [0.717, 1.165) is 15.8 Å². The van der Waals surface area contributed by atoms with E-state index in [1.807, 2.05) is 13.8 Å². The second-order valence-corrected chi connectivity index (χ2v) is 7.48. The maximum atomic E-state index is 13.6. The van der Waals surface area contributed by atoms with E-state index < -0.39 is 24.3 Å². The van der Waals surface area contributed by atoms with Crippen LogP contribution in [0.5, 0.6) is 0 Å². The van der Waals surface area contributed by atoms with Crippen molar-refractivity contribution in [2.45, 2.75) is 26.7 Å². The fraction of sp³-hybridized carbons (Fsp3) is 0.278. The molecule has 0 aliphatic heterocycles. The molecule has 0 saturated carbocycles. The van der Waals surface area contributed by atoms with Crippen LogP contribution in [-0.4, -0.2) is 24.3 Å². The van der Waals surface area contributed by atoms with Gasteiger partial charge in [-0.15, -0.1) is 11.3 Å². The number of carbonyl (C=O) groups excluding carboxylic acids is 3. The second-order valence-electron chi connectivity index (χ2n) is 5.58. The van der Waals surface area contributed by atoms with E-state index in [1.54, 1.807) is 6.07 Å². The van der Waals surface area contributed by atoms with Crippen molar-refractivity contribution in [1.29, 1.82) is 0 Å². The molecule has 138 valence electrons. The van der Waals surface area contributed by atoms with Gasteiger partial charge in [-0.3, -0.25) is 14.4 Å². The predicted molar refractivity (Wildman–Crippen MR) is 98.4 cm³/mol. The maximum Gasteiger partial charge on any atom is 0.306 e. The summed E-state index contributed by atoms with van der Waals surface area (Å²) in [5.41, 5.74) is 0.546. The Bertz CT molecular complexity index is 850. The van der Waals surface area contributed by atoms with E-state index in [1.165, 1.54) is 23.5 Å². The average molecular weight is 398 g/mol. The van der Waals surface area contributed by atoms with Crippen LogP contribution in [0.25, 0.3) is 0 Å². The molecule has 1 N–H and O–H groups in total. The van der Waals surface area contributed by atoms with E-state index in [-0.39, 0.29) is 29.3 Å². The highest BCUT2D eigenvalue weighted by Crippen LogP contribution is 2.22. The van der Waals surface area contributed by atoms with Gasteiger partial charge in [-0.05, 0) is 38.1 Å². The lowest BCUT2D eigenvalue weighted by Gasteiger charge is -2.07. The summed E-state index contributed by atoms with van der Waals surface area (Å²) in [7, 11) is 0. The predicted octanol–water partition coefficient (Wildman–Crippen LogP) is 4.30. The van der Waals surface area contributed by atoms with Crippen LogP contribution in [0.2, 0.25) is 5.02 Å². The summed E-state index contributed by atoms with van der Waals surface area (Å²) in [5.74, 6) is -2.19. The highest BCUT2D eigenvalue weighted by atomic mass is 35.5. The molecule has 2 aromatic rings. The third kappa shape index (κ3) is 5.64. The van der Waals surface area contributed by atoms with Crippen LogP contribution >= 0.6 is 22.9 Å². The molecule has 0 aliphatic rings. The second kappa shape index (κ2) is 8.91. The molecule has 0 saturated heterocycles. The quantitative estimate of drug-likeness (QED) is 0.558. The molecule has 0 atom stereocenters. The summed E-state index contributed by atoms with van der Waals surface area (Å²) < 4.78 is 18.4. The van der Waals surface area contributed by atoms with E-state index in [9.17, 15) is 18.8 Å². The Morgan fingerprint density at radius 1 is 1.19 bits per heavy atom. The third-order valence-electron chi connectivity index (χ3n) is 3.47. The van der Waals surface area contributed by atoms with Gasteiger partial charge in [0.15, 0.2) is 12.4 Å². The minimum absolute atomic E-state index is 0.00325. The summed E-state index contributed by atoms with van der Waals surface area (Å²) in [6, 6.07) is 5.58. The molecule has 5 nitrogen and oxygen atoms in total. The maximum absolute atomic E-state index is 13.6. The lowest BCUT2D eigenvalue weighted by Crippen LogP contribution is -2.21. The summed E-state index contributed by atoms with van der Waals surface area (Å²) in [5, 5.41) is 2.48. The zero-order chi connectivity index (χ0) is 19.3. The first-order chi connectivity index (χ1) is 12.3. The highest BCUT2D eigenvalue weighted by molar-refractivity contribution is 7.12. The van der Waals surface area contributed by atoms with Crippen LogP contribution in [0.15, 0.2) is 24.3 Å². The molecule has 0 bridgehead atoms. The highest BCUT2D eigenvalue weighted by Gasteiger charge is 2.15. The van der Waals surface area contributed by atoms with Crippen molar-refractivity contribution in [2.75, 3.05) is 11.9 Å². The zero-order valence-electron chi connectivity index (χ0n) is 14.2. The number of benzene rings is 1. The standard InChI is InChI=1S/C18H17ClFNO4S/c1-10-7-13(11(2)26-10)16(22)5-6-18(24)25-9-17(23)21-15-4-3-12(19)8-14(15)20/h3-4,7-8H,5-6,9H2,1-2H3,(H,21,23). The Morgan fingerprint density at radius 2 is 1.92 bits per heavy atom. The zero-order valence-corrected chi connectivity index (χ0v) is 15.8. The van der Waals surface area contributed by atoms with Gasteiger partial charge in [0.1, 0.15) is 5.82 Å². The molecule has 8 heteroatoms. The Kier molecular flexibility index (Phi) is 6.88. The first-order valence-corrected chi connectivity index (χ1v) is 8.96. The third-order valence-corrected chi connectivity index (χ3v) is 4.67. The van der Waals surface area contributed by atoms with Gasteiger partial charge in [-0.2, -0.15) is 0 Å². The van der Waals surface area contributed by atoms with Crippen molar-refractivity contribution in [3.63, 3.8) is 0 Å². The monoisotopic (exact) mass is 397 g/mol. The van der Waals surface area contributed by atoms with Crippen LogP contribution in [0.4, 0.5) is 10.1 Å². The van der Waals surface area contributed by atoms with Gasteiger partial charge < -0.3 is 10.1 Å². The number of esters is 1. The number of carbonyl (C=O) groups is 3. The van der Waals surface area contributed by atoms with E-state index >= 15 is 0 Å². The first-order valence-electron chi connectivity index (χ1n) is 7.77. The number of halogens is 2. The topological polar surface area (TPSA) is 72.5 Å². The van der Waals surface area contributed by atoms with Crippen molar-refractivity contribution in [2.24, 2.45) is 0 Å². The smallest absolute Gasteiger partial charge is 0.306 e. The number of ketones is 1. The Labute approximate surface area is 159 Å². The van der Waals surface area contributed by atoms with Crippen LogP contribution in [0, 0.1) is 19.7 Å². The number of anilines is 1. The minimum atomic E-state index is -0.691. The molecule has 1 heterocycles. The van der Waals surface area contributed by atoms with Crippen LogP contribution in [0.1, 0.15) is 33.0 Å². The van der Waals surface area contributed by atoms with Gasteiger partial charge in [0.25, 0.3) is 5.91 Å². The number of ether oxygens (including phenoxy) is 1. The number of thiophene rings is 1. The number of amides is 1. The number of Topliss-reactive ketones (excluding diaryl/α,β-unsaturated/α-hetero) is 1. The van der Waals surface area contributed by atoms with Crippen LogP contribution < -0.4 is 5.32 Å². The van der Waals surface area contributed by atoms with E-state index in [2.05, 4.69) is 5.32 Å². The number of rotatable bonds is 7. The summed E-state index contributed by atoms with van der Waals surface area (Å²) in [4.78, 5) is 37.4. The molecule has 26 heavy (non-hydrogen) atoms. The van der Waals surface area contributed by atoms with Crippen LogP contribution in [0.3, 0.4) is 0 Å². The SMILES string of the molecule is Cc1cc(C(=O)CCC(=O)OCC(=O)Nc2ccc(Cl)cc2F)c(C)s1. The van der Waals surface area contributed by atoms with Crippen molar-refractivity contribution in [3.05, 3.63) is 50.4 Å². The fourth-order valence-corrected chi connectivity index (χ4v) is 3.35. The van der Waals surface area contributed by atoms with Crippen LogP contribution in [-0.2, 0) is 14.3 Å². The van der Waals surface area contributed by atoms with Gasteiger partial charge in [-0.25, -0.2) is 4.39 Å². The van der Waals surface area contributed by atoms with Gasteiger partial charge in [0.2, 0.25) is 0 Å². The van der Waals surface area contributed by atoms with Gasteiger partial charge in [-0.1, -0.05) is 11.6 Å². The summed E-state index contributed by atoms with van der Waals surface area (Å²) in [6.45, 7) is 3.19. The molecule has 1 aromatic carbocycles. The fourth-order valence-electron chi connectivity index (χ4n) is 2.25. The molecular weight excluding hydrogens is 381 g/mol. The molecule has 2 rings (SSSR count).